The van der Waals surface area contributed by atoms with E-state index in [1.807, 2.05) is 83.8 Å². The summed E-state index contributed by atoms with van der Waals surface area (Å²) in [5.74, 6) is 1.53. The maximum Gasteiger partial charge on any atom is 0.408 e. The molecule has 62 heavy (non-hydrogen) atoms. The standard InChI is InChI=1S/C50H59N5O7/c56-43-21-19-41(42-20-22-46(58)52-48(42)43)44(57)30-51-25-8-26-55(31-34-9-3-1-4-10-34)49(59)38-17-15-35(16-18-38)33-61-40-14-7-13-39(29-40)47(37-11-5-2-6-12-37)53-50(60)62-45-32-54-27-23-36(45)24-28-54/h2,5-7,11-22,29,34,36,44-45,47,51,56-57H,1,3-4,8-10,23-28,30-33H2,(H,52,58)(H,53,60)/t44-,45-,47-/m0/s1. The molecule has 0 radical (unpaired) electrons. The van der Waals surface area contributed by atoms with Crippen LogP contribution in [0.2, 0.25) is 0 Å². The van der Waals surface area contributed by atoms with Crippen molar-refractivity contribution in [1.82, 2.24) is 25.4 Å². The second-order valence-electron chi connectivity index (χ2n) is 17.2. The number of aliphatic hydroxyl groups excluding tert-OH is 1. The number of nitrogens with zero attached hydrogens (tertiary/aromatic N) is 2. The van der Waals surface area contributed by atoms with E-state index in [1.54, 1.807) is 12.1 Å². The molecular formula is C50H59N5O7. The number of phenols is 1. The molecule has 4 heterocycles. The predicted octanol–water partition coefficient (Wildman–Crippen LogP) is 7.46. The van der Waals surface area contributed by atoms with Crippen LogP contribution in [0.25, 0.3) is 10.9 Å². The second-order valence-corrected chi connectivity index (χ2v) is 17.2. The second kappa shape index (κ2) is 20.5. The zero-order chi connectivity index (χ0) is 42.8. The molecule has 1 aromatic heterocycles. The van der Waals surface area contributed by atoms with Crippen LogP contribution in [-0.4, -0.2) is 88.9 Å². The number of aromatic amines is 1. The number of aromatic hydroxyl groups is 1. The van der Waals surface area contributed by atoms with Gasteiger partial charge in [-0.15, -0.1) is 0 Å². The number of ether oxygens (including phenoxy) is 2. The Hall–Kier alpha value is -5.69. The summed E-state index contributed by atoms with van der Waals surface area (Å²) in [6.45, 7) is 5.45. The minimum absolute atomic E-state index is 0.00631. The first-order valence-corrected chi connectivity index (χ1v) is 22.4. The first-order chi connectivity index (χ1) is 30.3. The van der Waals surface area contributed by atoms with Crippen molar-refractivity contribution in [3.63, 3.8) is 0 Å². The predicted molar refractivity (Wildman–Crippen MR) is 239 cm³/mol. The molecule has 3 aliphatic heterocycles. The first-order valence-electron chi connectivity index (χ1n) is 22.4. The van der Waals surface area contributed by atoms with Gasteiger partial charge in [-0.3, -0.25) is 14.5 Å². The Labute approximate surface area is 363 Å². The zero-order valence-corrected chi connectivity index (χ0v) is 35.3. The van der Waals surface area contributed by atoms with E-state index in [1.165, 1.54) is 31.4 Å². The van der Waals surface area contributed by atoms with Gasteiger partial charge in [-0.1, -0.05) is 79.9 Å². The molecule has 1 aliphatic carbocycles. The van der Waals surface area contributed by atoms with Gasteiger partial charge in [0, 0.05) is 43.2 Å². The molecule has 0 spiro atoms. The van der Waals surface area contributed by atoms with E-state index in [2.05, 4.69) is 20.5 Å². The smallest absolute Gasteiger partial charge is 0.408 e. The van der Waals surface area contributed by atoms with Crippen molar-refractivity contribution in [3.05, 3.63) is 141 Å². The number of hydrogen-bond acceptors (Lipinski definition) is 9. The number of aliphatic hydroxyl groups is 1. The molecule has 5 aromatic rings. The molecule has 9 rings (SSSR count). The van der Waals surface area contributed by atoms with Gasteiger partial charge in [0.05, 0.1) is 17.7 Å². The number of piperidine rings is 3. The number of fused-ring (bicyclic) bond motifs is 4. The number of rotatable bonds is 17. The summed E-state index contributed by atoms with van der Waals surface area (Å²) in [6, 6.07) is 31.1. The molecule has 12 heteroatoms. The fourth-order valence-electron chi connectivity index (χ4n) is 9.47. The molecule has 3 saturated heterocycles. The maximum absolute atomic E-state index is 14.0. The van der Waals surface area contributed by atoms with E-state index in [9.17, 15) is 24.6 Å². The Morgan fingerprint density at radius 3 is 2.40 bits per heavy atom. The summed E-state index contributed by atoms with van der Waals surface area (Å²) >= 11 is 0. The number of aromatic nitrogens is 1. The van der Waals surface area contributed by atoms with Gasteiger partial charge in [-0.25, -0.2) is 4.79 Å². The van der Waals surface area contributed by atoms with Crippen LogP contribution in [0.4, 0.5) is 4.79 Å². The van der Waals surface area contributed by atoms with E-state index >= 15 is 0 Å². The van der Waals surface area contributed by atoms with E-state index in [-0.39, 0.29) is 29.9 Å². The van der Waals surface area contributed by atoms with E-state index in [4.69, 9.17) is 9.47 Å². The third-order valence-electron chi connectivity index (χ3n) is 12.9. The van der Waals surface area contributed by atoms with Crippen molar-refractivity contribution in [3.8, 4) is 11.5 Å². The number of phenolic OH excluding ortho intramolecular Hbond substituents is 1. The molecular weight excluding hydrogens is 783 g/mol. The highest BCUT2D eigenvalue weighted by atomic mass is 16.6. The largest absolute Gasteiger partial charge is 0.506 e. The van der Waals surface area contributed by atoms with Crippen LogP contribution in [0.1, 0.15) is 96.1 Å². The molecule has 1 saturated carbocycles. The van der Waals surface area contributed by atoms with Crippen LogP contribution in [-0.2, 0) is 11.3 Å². The summed E-state index contributed by atoms with van der Waals surface area (Å²) in [6.07, 6.45) is 7.39. The lowest BCUT2D eigenvalue weighted by atomic mass is 9.86. The van der Waals surface area contributed by atoms with Crippen LogP contribution in [0.15, 0.2) is 108 Å². The Morgan fingerprint density at radius 1 is 0.871 bits per heavy atom. The number of amides is 2. The third-order valence-corrected chi connectivity index (χ3v) is 12.9. The molecule has 12 nitrogen and oxygen atoms in total. The van der Waals surface area contributed by atoms with Crippen LogP contribution >= 0.6 is 0 Å². The van der Waals surface area contributed by atoms with Gasteiger partial charge in [0.1, 0.15) is 24.2 Å². The normalized spacial score (nSPS) is 19.7. The average molecular weight is 842 g/mol. The monoisotopic (exact) mass is 841 g/mol. The molecule has 326 valence electrons. The summed E-state index contributed by atoms with van der Waals surface area (Å²) in [7, 11) is 0. The van der Waals surface area contributed by atoms with Crippen molar-refractivity contribution in [1.29, 1.82) is 0 Å². The van der Waals surface area contributed by atoms with Gasteiger partial charge in [-0.05, 0) is 122 Å². The van der Waals surface area contributed by atoms with E-state index in [0.717, 1.165) is 68.6 Å². The number of alkyl carbamates (subject to hydrolysis) is 1. The van der Waals surface area contributed by atoms with Crippen molar-refractivity contribution in [2.75, 3.05) is 45.8 Å². The number of benzene rings is 4. The van der Waals surface area contributed by atoms with Crippen molar-refractivity contribution >= 4 is 22.9 Å². The summed E-state index contributed by atoms with van der Waals surface area (Å²) in [5.41, 5.74) is 3.99. The number of H-pyrrole nitrogens is 1. The Morgan fingerprint density at radius 2 is 1.65 bits per heavy atom. The molecule has 2 amide bonds. The molecule has 4 fully saturated rings. The van der Waals surface area contributed by atoms with E-state index in [0.29, 0.717) is 65.7 Å². The van der Waals surface area contributed by atoms with E-state index < -0.39 is 18.2 Å². The third kappa shape index (κ3) is 10.8. The van der Waals surface area contributed by atoms with Gasteiger partial charge in [0.25, 0.3) is 5.91 Å². The molecule has 4 aliphatic rings. The quantitative estimate of drug-likeness (QED) is 0.0600. The number of pyridine rings is 1. The summed E-state index contributed by atoms with van der Waals surface area (Å²) in [4.78, 5) is 46.2. The highest BCUT2D eigenvalue weighted by Gasteiger charge is 2.37. The Bertz CT molecular complexity index is 2320. The maximum atomic E-state index is 14.0. The van der Waals surface area contributed by atoms with Gasteiger partial charge >= 0.3 is 6.09 Å². The van der Waals surface area contributed by atoms with Crippen LogP contribution < -0.4 is 20.9 Å². The van der Waals surface area contributed by atoms with Crippen LogP contribution in [0, 0.1) is 11.8 Å². The van der Waals surface area contributed by atoms with Crippen molar-refractivity contribution in [2.45, 2.75) is 76.2 Å². The summed E-state index contributed by atoms with van der Waals surface area (Å²) < 4.78 is 12.3. The number of carbonyl (C=O) groups is 2. The fraction of sp³-hybridized carbons (Fsp3) is 0.420. The lowest BCUT2D eigenvalue weighted by Gasteiger charge is -2.43. The molecule has 3 atom stereocenters. The summed E-state index contributed by atoms with van der Waals surface area (Å²) in [5, 5.41) is 28.3. The highest BCUT2D eigenvalue weighted by Crippen LogP contribution is 2.32. The van der Waals surface area contributed by atoms with Gasteiger partial charge in [0.15, 0.2) is 0 Å². The van der Waals surface area contributed by atoms with Crippen molar-refractivity contribution < 1.29 is 29.3 Å². The average Bonchev–Trinajstić information content (AvgIpc) is 3.31. The Kier molecular flexibility index (Phi) is 14.2. The highest BCUT2D eigenvalue weighted by molar-refractivity contribution is 5.94. The zero-order valence-electron chi connectivity index (χ0n) is 35.3. The van der Waals surface area contributed by atoms with Gasteiger partial charge in [0.2, 0.25) is 5.56 Å². The number of hydrogen-bond donors (Lipinski definition) is 5. The first kappa shape index (κ1) is 43.0. The molecule has 2 bridgehead atoms. The number of nitrogens with one attached hydrogen (secondary N) is 3. The van der Waals surface area contributed by atoms with Gasteiger partial charge in [-0.2, -0.15) is 0 Å². The lowest BCUT2D eigenvalue weighted by Crippen LogP contribution is -2.52. The minimum Gasteiger partial charge on any atom is -0.506 e. The molecule has 5 N–H and O–H groups in total. The Balaban J connectivity index is 0.862. The fourth-order valence-corrected chi connectivity index (χ4v) is 9.47. The van der Waals surface area contributed by atoms with Crippen LogP contribution in [0.3, 0.4) is 0 Å². The lowest BCUT2D eigenvalue weighted by molar-refractivity contribution is -0.0336. The molecule has 0 unspecified atom stereocenters. The SMILES string of the molecule is O=C(N[C@@H](c1ccccc1)c1cccc(OCc2ccc(C(=O)N(CCCNC[C@H](O)c3ccc(O)c4[nH]c(=O)ccc34)CC3CCCCC3)cc2)c1)O[C@H]1CN2CCC1CC2. The topological polar surface area (TPSA) is 156 Å². The molecule has 4 aromatic carbocycles. The van der Waals surface area contributed by atoms with Gasteiger partial charge < -0.3 is 40.2 Å². The van der Waals surface area contributed by atoms with Crippen LogP contribution in [0.5, 0.6) is 11.5 Å². The number of carbonyl (C=O) groups excluding carboxylic acids is 2. The van der Waals surface area contributed by atoms with Crippen molar-refractivity contribution in [2.24, 2.45) is 11.8 Å². The minimum atomic E-state index is -0.853.